The molecule has 0 fully saturated rings. The summed E-state index contributed by atoms with van der Waals surface area (Å²) in [6.45, 7) is 15.1. The molecule has 0 saturated heterocycles. The Bertz CT molecular complexity index is 162. The molecule has 104 valence electrons. The second-order valence-electron chi connectivity index (χ2n) is 5.98. The van der Waals surface area contributed by atoms with Crippen LogP contribution < -0.4 is 0 Å². The maximum atomic E-state index is 5.96. The molecule has 0 aliphatic rings. The Balaban J connectivity index is 4.23. The van der Waals surface area contributed by atoms with Crippen molar-refractivity contribution in [3.63, 3.8) is 0 Å². The average Bonchev–Trinajstić information content (AvgIpc) is 2.21. The summed E-state index contributed by atoms with van der Waals surface area (Å²) in [6, 6.07) is 0. The van der Waals surface area contributed by atoms with Crippen molar-refractivity contribution >= 4 is 19.6 Å². The van der Waals surface area contributed by atoms with Gasteiger partial charge < -0.3 is 0 Å². The molecule has 0 bridgehead atoms. The molecule has 3 nitrogen and oxygen atoms in total. The molecule has 0 saturated carbocycles. The summed E-state index contributed by atoms with van der Waals surface area (Å²) in [4.78, 5) is 2.07. The summed E-state index contributed by atoms with van der Waals surface area (Å²) in [6.07, 6.45) is 0. The van der Waals surface area contributed by atoms with E-state index in [1.165, 1.54) is 0 Å². The molecule has 0 N–H and O–H groups in total. The quantitative estimate of drug-likeness (QED) is 0.593. The minimum absolute atomic E-state index is 0.524. The summed E-state index contributed by atoms with van der Waals surface area (Å²) in [7, 11) is 0. The van der Waals surface area contributed by atoms with Crippen LogP contribution in [0.3, 0.4) is 0 Å². The van der Waals surface area contributed by atoms with Crippen LogP contribution in [0.1, 0.15) is 41.5 Å². The van der Waals surface area contributed by atoms with Crippen LogP contribution in [0.2, 0.25) is 4.94 Å². The standard InChI is InChI=1S/3C4H9O.CH3.Sn/c3*1-4(2)3-5;;/h3*4H,3H2,1-2H3;1H3;/q3*-1;;+3. The van der Waals surface area contributed by atoms with Crippen LogP contribution in [-0.2, 0) is 9.22 Å². The first-order valence-electron chi connectivity index (χ1n) is 6.67. The molecule has 4 heteroatoms. The van der Waals surface area contributed by atoms with Crippen LogP contribution in [0, 0.1) is 17.8 Å². The van der Waals surface area contributed by atoms with Crippen LogP contribution in [0.15, 0.2) is 0 Å². The van der Waals surface area contributed by atoms with E-state index in [1.54, 1.807) is 0 Å². The van der Waals surface area contributed by atoms with Crippen molar-refractivity contribution in [3.8, 4) is 0 Å². The molecule has 0 rings (SSSR count). The van der Waals surface area contributed by atoms with E-state index >= 15 is 0 Å². The molecule has 0 spiro atoms. The van der Waals surface area contributed by atoms with Gasteiger partial charge in [0, 0.05) is 0 Å². The van der Waals surface area contributed by atoms with Gasteiger partial charge in [0.25, 0.3) is 0 Å². The monoisotopic (exact) mass is 354 g/mol. The minimum atomic E-state index is -3.22. The van der Waals surface area contributed by atoms with Crippen molar-refractivity contribution in [1.29, 1.82) is 0 Å². The normalized spacial score (nSPS) is 13.1. The number of hydrogen-bond donors (Lipinski definition) is 0. The van der Waals surface area contributed by atoms with Gasteiger partial charge in [0.05, 0.1) is 0 Å². The maximum absolute atomic E-state index is 5.96. The van der Waals surface area contributed by atoms with E-state index < -0.39 is 19.6 Å². The van der Waals surface area contributed by atoms with Gasteiger partial charge in [0.15, 0.2) is 0 Å². The second kappa shape index (κ2) is 8.72. The van der Waals surface area contributed by atoms with Gasteiger partial charge in [-0.05, 0) is 0 Å². The van der Waals surface area contributed by atoms with Crippen LogP contribution in [-0.4, -0.2) is 39.4 Å². The molecule has 0 aliphatic carbocycles. The Morgan fingerprint density at radius 3 is 1.06 bits per heavy atom. The SMILES string of the molecule is CC(C)C[O][Sn]([CH3])([O]CC(C)C)[O]CC(C)C. The third-order valence-electron chi connectivity index (χ3n) is 2.04. The summed E-state index contributed by atoms with van der Waals surface area (Å²) < 4.78 is 17.9. The fourth-order valence-electron chi connectivity index (χ4n) is 1.08. The third-order valence-corrected chi connectivity index (χ3v) is 7.95. The molecule has 0 aromatic rings. The van der Waals surface area contributed by atoms with E-state index in [2.05, 4.69) is 46.5 Å². The van der Waals surface area contributed by atoms with Crippen molar-refractivity contribution < 1.29 is 9.22 Å². The Hall–Kier alpha value is 0.679. The summed E-state index contributed by atoms with van der Waals surface area (Å²) in [5, 5.41) is 0. The van der Waals surface area contributed by atoms with Gasteiger partial charge in [-0.15, -0.1) is 0 Å². The molecule has 0 unspecified atom stereocenters. The fourth-order valence-corrected chi connectivity index (χ4v) is 7.24. The van der Waals surface area contributed by atoms with Crippen molar-refractivity contribution in [2.75, 3.05) is 19.8 Å². The van der Waals surface area contributed by atoms with Gasteiger partial charge in [-0.3, -0.25) is 0 Å². The Kier molecular flexibility index (Phi) is 9.07. The Morgan fingerprint density at radius 2 is 0.882 bits per heavy atom. The molecule has 0 atom stereocenters. The predicted molar refractivity (Wildman–Crippen MR) is 74.0 cm³/mol. The third kappa shape index (κ3) is 10.3. The van der Waals surface area contributed by atoms with E-state index in [0.717, 1.165) is 19.8 Å². The van der Waals surface area contributed by atoms with E-state index in [4.69, 9.17) is 9.22 Å². The van der Waals surface area contributed by atoms with E-state index in [0.29, 0.717) is 17.8 Å². The number of rotatable bonds is 9. The van der Waals surface area contributed by atoms with Gasteiger partial charge in [-0.1, -0.05) is 0 Å². The first-order chi connectivity index (χ1) is 7.75. The Morgan fingerprint density at radius 1 is 0.647 bits per heavy atom. The average molecular weight is 353 g/mol. The van der Waals surface area contributed by atoms with Crippen LogP contribution >= 0.6 is 0 Å². The zero-order chi connectivity index (χ0) is 13.5. The van der Waals surface area contributed by atoms with Crippen LogP contribution in [0.4, 0.5) is 0 Å². The molecule has 0 radical (unpaired) electrons. The van der Waals surface area contributed by atoms with Gasteiger partial charge >= 0.3 is 113 Å². The van der Waals surface area contributed by atoms with Gasteiger partial charge in [0.2, 0.25) is 0 Å². The molecule has 0 aromatic carbocycles. The van der Waals surface area contributed by atoms with Crippen molar-refractivity contribution in [3.05, 3.63) is 0 Å². The predicted octanol–water partition coefficient (Wildman–Crippen LogP) is 3.57. The van der Waals surface area contributed by atoms with Crippen molar-refractivity contribution in [1.82, 2.24) is 0 Å². The van der Waals surface area contributed by atoms with Gasteiger partial charge in [0.1, 0.15) is 0 Å². The molecule has 17 heavy (non-hydrogen) atoms. The van der Waals surface area contributed by atoms with Gasteiger partial charge in [-0.25, -0.2) is 0 Å². The van der Waals surface area contributed by atoms with Gasteiger partial charge in [-0.2, -0.15) is 0 Å². The first-order valence-corrected chi connectivity index (χ1v) is 13.0. The van der Waals surface area contributed by atoms with Crippen LogP contribution in [0.25, 0.3) is 0 Å². The Labute approximate surface area is 113 Å². The molecule has 0 amide bonds. The molecule has 0 aliphatic heterocycles. The molecular formula is C13H30O3Sn. The first kappa shape index (κ1) is 17.7. The number of hydrogen-bond acceptors (Lipinski definition) is 3. The summed E-state index contributed by atoms with van der Waals surface area (Å²) in [5.74, 6) is 1.57. The topological polar surface area (TPSA) is 27.7 Å². The van der Waals surface area contributed by atoms with Crippen molar-refractivity contribution in [2.45, 2.75) is 46.5 Å². The molecular weight excluding hydrogens is 323 g/mol. The van der Waals surface area contributed by atoms with Crippen LogP contribution in [0.5, 0.6) is 0 Å². The fraction of sp³-hybridized carbons (Fsp3) is 1.00. The zero-order valence-corrected chi connectivity index (χ0v) is 15.4. The van der Waals surface area contributed by atoms with E-state index in [9.17, 15) is 0 Å². The molecule has 0 heterocycles. The summed E-state index contributed by atoms with van der Waals surface area (Å²) in [5.41, 5.74) is 0. The van der Waals surface area contributed by atoms with Crippen molar-refractivity contribution in [2.24, 2.45) is 17.8 Å². The van der Waals surface area contributed by atoms with E-state index in [1.807, 2.05) is 0 Å². The molecule has 0 aromatic heterocycles. The van der Waals surface area contributed by atoms with E-state index in [-0.39, 0.29) is 0 Å². The summed E-state index contributed by atoms with van der Waals surface area (Å²) >= 11 is -3.22. The second-order valence-corrected chi connectivity index (χ2v) is 13.4. The zero-order valence-electron chi connectivity index (χ0n) is 12.6.